The lowest BCUT2D eigenvalue weighted by atomic mass is 9.90. The molecule has 12 rings (SSSR count). The van der Waals surface area contributed by atoms with Gasteiger partial charge in [-0.3, -0.25) is 0 Å². The van der Waals surface area contributed by atoms with E-state index in [1.807, 2.05) is 12.1 Å². The van der Waals surface area contributed by atoms with Crippen molar-refractivity contribution in [2.24, 2.45) is 0 Å². The van der Waals surface area contributed by atoms with Gasteiger partial charge in [-0.2, -0.15) is 0 Å². The summed E-state index contributed by atoms with van der Waals surface area (Å²) >= 11 is 0. The Balaban J connectivity index is 1.01. The quantitative estimate of drug-likeness (QED) is 0.157. The minimum atomic E-state index is 0.905. The Morgan fingerprint density at radius 1 is 0.283 bits per heavy atom. The first-order valence-electron chi connectivity index (χ1n) is 20.6. The van der Waals surface area contributed by atoms with E-state index in [0.29, 0.717) is 0 Å². The zero-order chi connectivity index (χ0) is 39.6. The minimum Gasteiger partial charge on any atom is -0.455 e. The van der Waals surface area contributed by atoms with Gasteiger partial charge in [-0.15, -0.1) is 0 Å². The Bertz CT molecular complexity index is 3590. The predicted octanol–water partition coefficient (Wildman–Crippen LogP) is 16.7. The molecule has 0 amide bonds. The molecule has 11 aromatic carbocycles. The molecule has 0 aliphatic rings. The van der Waals surface area contributed by atoms with E-state index in [1.165, 1.54) is 65.3 Å². The Labute approximate surface area is 347 Å². The molecule has 0 saturated carbocycles. The van der Waals surface area contributed by atoms with Gasteiger partial charge in [0.25, 0.3) is 0 Å². The van der Waals surface area contributed by atoms with Crippen LogP contribution in [0.5, 0.6) is 0 Å². The van der Waals surface area contributed by atoms with E-state index >= 15 is 0 Å². The average Bonchev–Trinajstić information content (AvgIpc) is 3.71. The van der Waals surface area contributed by atoms with Crippen LogP contribution in [0.1, 0.15) is 0 Å². The molecule has 1 heterocycles. The highest BCUT2D eigenvalue weighted by atomic mass is 16.3. The number of fused-ring (bicyclic) bond motifs is 8. The van der Waals surface area contributed by atoms with Gasteiger partial charge in [-0.1, -0.05) is 176 Å². The van der Waals surface area contributed by atoms with Gasteiger partial charge in [0.2, 0.25) is 0 Å². The van der Waals surface area contributed by atoms with Gasteiger partial charge in [0.15, 0.2) is 0 Å². The maximum atomic E-state index is 6.46. The molecule has 0 saturated heterocycles. The molecule has 2 heteroatoms. The normalized spacial score (nSPS) is 11.7. The SMILES string of the molecule is c1ccc2c(-c3cc(-c4ccc(N(c5ccc(-c6cccc7c6oc6ccccc67)cc5)c5cc6ccccc6c6ccccc56)cc4)cc4ccccc34)cccc2c1. The molecule has 0 aliphatic heterocycles. The summed E-state index contributed by atoms with van der Waals surface area (Å²) in [5.41, 5.74) is 12.2. The maximum Gasteiger partial charge on any atom is 0.143 e. The summed E-state index contributed by atoms with van der Waals surface area (Å²) in [6.07, 6.45) is 0. The Morgan fingerprint density at radius 3 is 1.55 bits per heavy atom. The third-order valence-corrected chi connectivity index (χ3v) is 12.2. The summed E-state index contributed by atoms with van der Waals surface area (Å²) in [5.74, 6) is 0. The summed E-state index contributed by atoms with van der Waals surface area (Å²) in [7, 11) is 0. The van der Waals surface area contributed by atoms with E-state index in [9.17, 15) is 0 Å². The number of hydrogen-bond donors (Lipinski definition) is 0. The van der Waals surface area contributed by atoms with E-state index in [2.05, 4.69) is 217 Å². The predicted molar refractivity (Wildman–Crippen MR) is 255 cm³/mol. The molecule has 0 atom stereocenters. The zero-order valence-electron chi connectivity index (χ0n) is 32.7. The van der Waals surface area contributed by atoms with Crippen LogP contribution >= 0.6 is 0 Å². The summed E-state index contributed by atoms with van der Waals surface area (Å²) in [6, 6.07) is 81.3. The largest absolute Gasteiger partial charge is 0.455 e. The topological polar surface area (TPSA) is 16.4 Å². The molecule has 0 N–H and O–H groups in total. The van der Waals surface area contributed by atoms with Crippen molar-refractivity contribution in [2.75, 3.05) is 4.90 Å². The van der Waals surface area contributed by atoms with E-state index in [1.54, 1.807) is 0 Å². The molecule has 0 fully saturated rings. The number of hydrogen-bond acceptors (Lipinski definition) is 2. The van der Waals surface area contributed by atoms with Crippen molar-refractivity contribution in [3.63, 3.8) is 0 Å². The standard InChI is InChI=1S/C58H37NO/c1-4-17-46-39(13-1)16-11-24-51(46)55-36-43(35-41-14-2-6-19-48(41)55)38-27-31-44(32-28-38)59(56-37-42-15-3-5-18-47(42)50-20-7-8-21-52(50)56)45-33-29-40(30-34-45)49-23-12-25-54-53-22-9-10-26-57(53)60-58(49)54/h1-37H. The van der Waals surface area contributed by atoms with Crippen molar-refractivity contribution in [3.05, 3.63) is 224 Å². The number of para-hydroxylation sites is 2. The molecule has 12 aromatic rings. The van der Waals surface area contributed by atoms with Gasteiger partial charge in [-0.25, -0.2) is 0 Å². The van der Waals surface area contributed by atoms with Gasteiger partial charge in [0, 0.05) is 33.1 Å². The zero-order valence-corrected chi connectivity index (χ0v) is 32.7. The van der Waals surface area contributed by atoms with Gasteiger partial charge < -0.3 is 9.32 Å². The molecule has 0 bridgehead atoms. The number of rotatable bonds is 6. The number of benzene rings is 11. The van der Waals surface area contributed by atoms with E-state index in [4.69, 9.17) is 4.42 Å². The third-order valence-electron chi connectivity index (χ3n) is 12.2. The van der Waals surface area contributed by atoms with Gasteiger partial charge in [0.05, 0.1) is 5.69 Å². The van der Waals surface area contributed by atoms with Crippen LogP contribution < -0.4 is 4.90 Å². The minimum absolute atomic E-state index is 0.905. The van der Waals surface area contributed by atoms with Crippen molar-refractivity contribution >= 4 is 82.1 Å². The molecule has 60 heavy (non-hydrogen) atoms. The lowest BCUT2D eigenvalue weighted by molar-refractivity contribution is 0.670. The highest BCUT2D eigenvalue weighted by molar-refractivity contribution is 6.15. The highest BCUT2D eigenvalue weighted by Crippen LogP contribution is 2.44. The smallest absolute Gasteiger partial charge is 0.143 e. The third kappa shape index (κ3) is 5.57. The number of nitrogens with zero attached hydrogens (tertiary/aromatic N) is 1. The second kappa shape index (κ2) is 13.9. The van der Waals surface area contributed by atoms with Crippen molar-refractivity contribution in [3.8, 4) is 33.4 Å². The van der Waals surface area contributed by atoms with Gasteiger partial charge in [-0.05, 0) is 114 Å². The molecular formula is C58H37NO. The first-order valence-corrected chi connectivity index (χ1v) is 20.6. The van der Waals surface area contributed by atoms with Crippen LogP contribution in [0.2, 0.25) is 0 Å². The fourth-order valence-electron chi connectivity index (χ4n) is 9.37. The summed E-state index contributed by atoms with van der Waals surface area (Å²) < 4.78 is 6.46. The summed E-state index contributed by atoms with van der Waals surface area (Å²) in [4.78, 5) is 2.41. The summed E-state index contributed by atoms with van der Waals surface area (Å²) in [5, 5.41) is 12.1. The molecular weight excluding hydrogens is 727 g/mol. The number of anilines is 3. The second-order valence-corrected chi connectivity index (χ2v) is 15.6. The van der Waals surface area contributed by atoms with E-state index in [-0.39, 0.29) is 0 Å². The maximum absolute atomic E-state index is 6.46. The fourth-order valence-corrected chi connectivity index (χ4v) is 9.37. The van der Waals surface area contributed by atoms with Gasteiger partial charge in [0.1, 0.15) is 11.2 Å². The van der Waals surface area contributed by atoms with Crippen molar-refractivity contribution in [1.29, 1.82) is 0 Å². The average molecular weight is 764 g/mol. The molecule has 0 radical (unpaired) electrons. The second-order valence-electron chi connectivity index (χ2n) is 15.6. The molecule has 2 nitrogen and oxygen atoms in total. The van der Waals surface area contributed by atoms with Crippen LogP contribution in [0, 0.1) is 0 Å². The van der Waals surface area contributed by atoms with Crippen LogP contribution in [0.25, 0.3) is 98.4 Å². The lowest BCUT2D eigenvalue weighted by Crippen LogP contribution is -2.10. The number of furan rings is 1. The van der Waals surface area contributed by atoms with E-state index < -0.39 is 0 Å². The Kier molecular flexibility index (Phi) is 7.89. The molecule has 0 aliphatic carbocycles. The molecule has 1 aromatic heterocycles. The van der Waals surface area contributed by atoms with Crippen molar-refractivity contribution < 1.29 is 4.42 Å². The first kappa shape index (κ1) is 34.1. The lowest BCUT2D eigenvalue weighted by Gasteiger charge is -2.28. The molecule has 0 spiro atoms. The molecule has 280 valence electrons. The van der Waals surface area contributed by atoms with Crippen LogP contribution in [0.15, 0.2) is 229 Å². The first-order chi connectivity index (χ1) is 29.7. The van der Waals surface area contributed by atoms with Crippen LogP contribution in [0.4, 0.5) is 17.1 Å². The van der Waals surface area contributed by atoms with E-state index in [0.717, 1.165) is 50.1 Å². The monoisotopic (exact) mass is 763 g/mol. The highest BCUT2D eigenvalue weighted by Gasteiger charge is 2.19. The van der Waals surface area contributed by atoms with Gasteiger partial charge >= 0.3 is 0 Å². The van der Waals surface area contributed by atoms with Crippen molar-refractivity contribution in [1.82, 2.24) is 0 Å². The Hall–Kier alpha value is -7.94. The Morgan fingerprint density at radius 2 is 0.800 bits per heavy atom. The van der Waals surface area contributed by atoms with Crippen molar-refractivity contribution in [2.45, 2.75) is 0 Å². The van der Waals surface area contributed by atoms with Crippen LogP contribution in [-0.4, -0.2) is 0 Å². The summed E-state index contributed by atoms with van der Waals surface area (Å²) in [6.45, 7) is 0. The molecule has 0 unspecified atom stereocenters. The van der Waals surface area contributed by atoms with Crippen LogP contribution in [-0.2, 0) is 0 Å². The fraction of sp³-hybridized carbons (Fsp3) is 0. The van der Waals surface area contributed by atoms with Crippen LogP contribution in [0.3, 0.4) is 0 Å².